The Hall–Kier alpha value is -1.38. The van der Waals surface area contributed by atoms with Crippen molar-refractivity contribution in [3.63, 3.8) is 0 Å². The highest BCUT2D eigenvalue weighted by atomic mass is 79.9. The zero-order valence-corrected chi connectivity index (χ0v) is 11.6. The fourth-order valence-corrected chi connectivity index (χ4v) is 2.55. The van der Waals surface area contributed by atoms with Crippen LogP contribution in [0.1, 0.15) is 17.5 Å². The molecule has 2 heteroatoms. The van der Waals surface area contributed by atoms with Crippen LogP contribution in [0.4, 0.5) is 0 Å². The van der Waals surface area contributed by atoms with Gasteiger partial charge in [0.05, 0.1) is 0 Å². The third-order valence-corrected chi connectivity index (χ3v) is 3.52. The van der Waals surface area contributed by atoms with E-state index in [9.17, 15) is 0 Å². The summed E-state index contributed by atoms with van der Waals surface area (Å²) in [7, 11) is 0. The Morgan fingerprint density at radius 2 is 1.28 bits per heavy atom. The van der Waals surface area contributed by atoms with Crippen molar-refractivity contribution in [1.82, 2.24) is 0 Å². The molecule has 0 aliphatic heterocycles. The van der Waals surface area contributed by atoms with E-state index in [4.69, 9.17) is 5.11 Å². The van der Waals surface area contributed by atoms with E-state index in [0.29, 0.717) is 6.42 Å². The lowest BCUT2D eigenvalue weighted by molar-refractivity contribution is 0.302. The monoisotopic (exact) mass is 302 g/mol. The van der Waals surface area contributed by atoms with Crippen molar-refractivity contribution in [2.75, 3.05) is 6.61 Å². The summed E-state index contributed by atoms with van der Waals surface area (Å²) < 4.78 is 1.03. The van der Waals surface area contributed by atoms with Crippen molar-refractivity contribution in [1.29, 1.82) is 0 Å². The maximum absolute atomic E-state index is 9.12. The standard InChI is InChI=1S/C16H15BrO/c17-15(11-12-18)16(13-7-3-1-4-8-13)14-9-5-2-6-10-14/h1-10,18H,11-12H2. The van der Waals surface area contributed by atoms with Gasteiger partial charge in [0.15, 0.2) is 0 Å². The first-order valence-corrected chi connectivity index (χ1v) is 6.72. The SMILES string of the molecule is OCCC(Br)=C(c1ccccc1)c1ccccc1. The molecule has 1 N–H and O–H groups in total. The predicted molar refractivity (Wildman–Crippen MR) is 79.5 cm³/mol. The van der Waals surface area contributed by atoms with Crippen molar-refractivity contribution < 1.29 is 5.11 Å². The molecule has 0 aromatic heterocycles. The Morgan fingerprint density at radius 3 is 1.67 bits per heavy atom. The van der Waals surface area contributed by atoms with E-state index in [1.54, 1.807) is 0 Å². The second-order valence-electron chi connectivity index (χ2n) is 3.99. The van der Waals surface area contributed by atoms with Crippen LogP contribution in [0.15, 0.2) is 65.1 Å². The highest BCUT2D eigenvalue weighted by Gasteiger charge is 2.09. The molecule has 0 radical (unpaired) electrons. The van der Waals surface area contributed by atoms with Gasteiger partial charge in [-0.05, 0) is 16.7 Å². The zero-order chi connectivity index (χ0) is 12.8. The highest BCUT2D eigenvalue weighted by Crippen LogP contribution is 2.31. The Bertz CT molecular complexity index is 476. The summed E-state index contributed by atoms with van der Waals surface area (Å²) >= 11 is 3.60. The molecule has 0 aliphatic rings. The number of aliphatic hydroxyl groups excluding tert-OH is 1. The number of aliphatic hydroxyl groups is 1. The summed E-state index contributed by atoms with van der Waals surface area (Å²) in [6.07, 6.45) is 0.624. The van der Waals surface area contributed by atoms with Crippen molar-refractivity contribution in [2.45, 2.75) is 6.42 Å². The van der Waals surface area contributed by atoms with E-state index >= 15 is 0 Å². The third kappa shape index (κ3) is 3.09. The van der Waals surface area contributed by atoms with Gasteiger partial charge in [0, 0.05) is 17.5 Å². The maximum atomic E-state index is 9.12. The predicted octanol–water partition coefficient (Wildman–Crippen LogP) is 4.22. The van der Waals surface area contributed by atoms with Crippen LogP contribution in [0.5, 0.6) is 0 Å². The number of benzene rings is 2. The van der Waals surface area contributed by atoms with Crippen LogP contribution in [0.25, 0.3) is 5.57 Å². The van der Waals surface area contributed by atoms with Gasteiger partial charge in [-0.15, -0.1) is 0 Å². The van der Waals surface area contributed by atoms with Crippen LogP contribution in [0, 0.1) is 0 Å². The summed E-state index contributed by atoms with van der Waals surface area (Å²) in [5.74, 6) is 0. The van der Waals surface area contributed by atoms with Gasteiger partial charge in [0.1, 0.15) is 0 Å². The number of halogens is 1. The van der Waals surface area contributed by atoms with Crippen LogP contribution >= 0.6 is 15.9 Å². The van der Waals surface area contributed by atoms with Crippen LogP contribution in [-0.2, 0) is 0 Å². The smallest absolute Gasteiger partial charge is 0.0476 e. The van der Waals surface area contributed by atoms with Gasteiger partial charge in [0.25, 0.3) is 0 Å². The maximum Gasteiger partial charge on any atom is 0.0476 e. The number of rotatable bonds is 4. The lowest BCUT2D eigenvalue weighted by Crippen LogP contribution is -1.92. The summed E-state index contributed by atoms with van der Waals surface area (Å²) in [5, 5.41) is 9.12. The summed E-state index contributed by atoms with van der Waals surface area (Å²) in [4.78, 5) is 0. The lowest BCUT2D eigenvalue weighted by Gasteiger charge is -2.11. The Labute approximate surface area is 116 Å². The molecule has 2 aromatic carbocycles. The van der Waals surface area contributed by atoms with E-state index < -0.39 is 0 Å². The van der Waals surface area contributed by atoms with Crippen LogP contribution in [0.2, 0.25) is 0 Å². The molecule has 1 nitrogen and oxygen atoms in total. The Morgan fingerprint density at radius 1 is 0.833 bits per heavy atom. The minimum atomic E-state index is 0.143. The molecular weight excluding hydrogens is 288 g/mol. The van der Waals surface area contributed by atoms with E-state index in [0.717, 1.165) is 21.2 Å². The van der Waals surface area contributed by atoms with E-state index in [2.05, 4.69) is 40.2 Å². The fraction of sp³-hybridized carbons (Fsp3) is 0.125. The fourth-order valence-electron chi connectivity index (χ4n) is 1.91. The lowest BCUT2D eigenvalue weighted by atomic mass is 9.97. The van der Waals surface area contributed by atoms with Crippen LogP contribution in [-0.4, -0.2) is 11.7 Å². The third-order valence-electron chi connectivity index (χ3n) is 2.73. The molecule has 92 valence electrons. The minimum absolute atomic E-state index is 0.143. The first kappa shape index (κ1) is 13.1. The van der Waals surface area contributed by atoms with Crippen LogP contribution < -0.4 is 0 Å². The van der Waals surface area contributed by atoms with E-state index in [1.165, 1.54) is 0 Å². The van der Waals surface area contributed by atoms with Crippen molar-refractivity contribution in [2.24, 2.45) is 0 Å². The largest absolute Gasteiger partial charge is 0.396 e. The van der Waals surface area contributed by atoms with Gasteiger partial charge in [-0.2, -0.15) is 0 Å². The molecule has 0 bridgehead atoms. The molecule has 0 fully saturated rings. The zero-order valence-electron chi connectivity index (χ0n) is 10.0. The number of hydrogen-bond donors (Lipinski definition) is 1. The summed E-state index contributed by atoms with van der Waals surface area (Å²) in [6, 6.07) is 20.5. The average Bonchev–Trinajstić information content (AvgIpc) is 2.42. The van der Waals surface area contributed by atoms with Gasteiger partial charge in [0.2, 0.25) is 0 Å². The molecule has 0 atom stereocenters. The van der Waals surface area contributed by atoms with Crippen LogP contribution in [0.3, 0.4) is 0 Å². The molecule has 0 heterocycles. The van der Waals surface area contributed by atoms with E-state index in [1.807, 2.05) is 36.4 Å². The Balaban J connectivity index is 2.52. The summed E-state index contributed by atoms with van der Waals surface area (Å²) in [6.45, 7) is 0.143. The minimum Gasteiger partial charge on any atom is -0.396 e. The second kappa shape index (κ2) is 6.53. The van der Waals surface area contributed by atoms with Gasteiger partial charge >= 0.3 is 0 Å². The van der Waals surface area contributed by atoms with Crippen molar-refractivity contribution in [3.8, 4) is 0 Å². The summed E-state index contributed by atoms with van der Waals surface area (Å²) in [5.41, 5.74) is 3.46. The van der Waals surface area contributed by atoms with Crippen molar-refractivity contribution >= 4 is 21.5 Å². The molecule has 0 saturated carbocycles. The normalized spacial score (nSPS) is 10.1. The van der Waals surface area contributed by atoms with Crippen molar-refractivity contribution in [3.05, 3.63) is 76.3 Å². The number of hydrogen-bond acceptors (Lipinski definition) is 1. The molecule has 0 aliphatic carbocycles. The second-order valence-corrected chi connectivity index (χ2v) is 4.94. The quantitative estimate of drug-likeness (QED) is 0.896. The van der Waals surface area contributed by atoms with Gasteiger partial charge < -0.3 is 5.11 Å². The first-order valence-electron chi connectivity index (χ1n) is 5.93. The van der Waals surface area contributed by atoms with Gasteiger partial charge in [-0.1, -0.05) is 76.6 Å². The molecule has 0 amide bonds. The van der Waals surface area contributed by atoms with E-state index in [-0.39, 0.29) is 6.61 Å². The highest BCUT2D eigenvalue weighted by molar-refractivity contribution is 9.11. The molecule has 18 heavy (non-hydrogen) atoms. The average molecular weight is 303 g/mol. The van der Waals surface area contributed by atoms with Gasteiger partial charge in [-0.3, -0.25) is 0 Å². The molecule has 2 rings (SSSR count). The molecular formula is C16H15BrO. The molecule has 0 spiro atoms. The topological polar surface area (TPSA) is 20.2 Å². The molecule has 0 unspecified atom stereocenters. The molecule has 2 aromatic rings. The first-order chi connectivity index (χ1) is 8.83. The van der Waals surface area contributed by atoms with Gasteiger partial charge in [-0.25, -0.2) is 0 Å². The Kier molecular flexibility index (Phi) is 4.73. The molecule has 0 saturated heterocycles.